The highest BCUT2D eigenvalue weighted by Crippen LogP contribution is 2.34. The summed E-state index contributed by atoms with van der Waals surface area (Å²) in [5.41, 5.74) is 5.04. The van der Waals surface area contributed by atoms with Crippen molar-refractivity contribution in [1.82, 2.24) is 9.97 Å². The largest absolute Gasteiger partial charge is 0.326 e. The smallest absolute Gasteiger partial charge is 0.228 e. The zero-order chi connectivity index (χ0) is 21.5. The van der Waals surface area contributed by atoms with Crippen LogP contribution in [-0.2, 0) is 11.2 Å². The van der Waals surface area contributed by atoms with Gasteiger partial charge in [-0.1, -0.05) is 78.9 Å². The fourth-order valence-electron chi connectivity index (χ4n) is 4.34. The third-order valence-corrected chi connectivity index (χ3v) is 5.81. The van der Waals surface area contributed by atoms with Crippen LogP contribution in [0.4, 0.5) is 5.69 Å². The quantitative estimate of drug-likeness (QED) is 0.275. The molecule has 1 N–H and O–H groups in total. The summed E-state index contributed by atoms with van der Waals surface area (Å²) >= 11 is 0. The number of carbonyl (C=O) groups is 1. The maximum Gasteiger partial charge on any atom is 0.228 e. The molecule has 0 bridgehead atoms. The number of nitrogens with zero attached hydrogens (tertiary/aromatic N) is 2. The zero-order valence-corrected chi connectivity index (χ0v) is 17.2. The molecule has 0 saturated heterocycles. The molecule has 6 rings (SSSR count). The summed E-state index contributed by atoms with van der Waals surface area (Å²) in [5, 5.41) is 7.50. The van der Waals surface area contributed by atoms with Gasteiger partial charge in [-0.25, -0.2) is 9.97 Å². The number of hydrogen-bond acceptors (Lipinski definition) is 3. The summed E-state index contributed by atoms with van der Waals surface area (Å²) in [4.78, 5) is 22.5. The molecule has 1 aromatic heterocycles. The number of aromatic nitrogens is 2. The van der Waals surface area contributed by atoms with Gasteiger partial charge in [-0.2, -0.15) is 0 Å². The second-order valence-corrected chi connectivity index (χ2v) is 7.93. The molecule has 0 aliphatic rings. The Kier molecular flexibility index (Phi) is 4.29. The van der Waals surface area contributed by atoms with Gasteiger partial charge in [-0.15, -0.1) is 0 Å². The van der Waals surface area contributed by atoms with Gasteiger partial charge in [-0.3, -0.25) is 4.79 Å². The highest BCUT2D eigenvalue weighted by atomic mass is 16.1. The maximum atomic E-state index is 12.5. The van der Waals surface area contributed by atoms with Crippen molar-refractivity contribution in [3.8, 4) is 0 Å². The first kappa shape index (κ1) is 18.5. The minimum Gasteiger partial charge on any atom is -0.326 e. The van der Waals surface area contributed by atoms with Crippen LogP contribution in [0.15, 0.2) is 97.1 Å². The van der Waals surface area contributed by atoms with Gasteiger partial charge in [0.15, 0.2) is 0 Å². The number of fused-ring (bicyclic) bond motifs is 7. The van der Waals surface area contributed by atoms with E-state index in [2.05, 4.69) is 41.7 Å². The summed E-state index contributed by atoms with van der Waals surface area (Å²) in [6.07, 6.45) is 0.332. The van der Waals surface area contributed by atoms with Crippen molar-refractivity contribution in [2.75, 3.05) is 5.32 Å². The fourth-order valence-corrected chi connectivity index (χ4v) is 4.34. The van der Waals surface area contributed by atoms with Crippen LogP contribution in [0, 0.1) is 0 Å². The molecular weight excluding hydrogens is 394 g/mol. The Morgan fingerprint density at radius 1 is 0.625 bits per heavy atom. The van der Waals surface area contributed by atoms with E-state index in [1.807, 2.05) is 60.7 Å². The van der Waals surface area contributed by atoms with E-state index in [0.717, 1.165) is 49.5 Å². The molecule has 0 saturated carbocycles. The minimum atomic E-state index is -0.0549. The van der Waals surface area contributed by atoms with E-state index in [1.165, 1.54) is 5.39 Å². The Balaban J connectivity index is 1.47. The molecule has 4 heteroatoms. The zero-order valence-electron chi connectivity index (χ0n) is 17.2. The first-order valence-corrected chi connectivity index (χ1v) is 10.6. The lowest BCUT2D eigenvalue weighted by Crippen LogP contribution is -2.14. The molecule has 0 aliphatic heterocycles. The van der Waals surface area contributed by atoms with E-state index in [9.17, 15) is 4.79 Å². The Labute approximate surface area is 184 Å². The van der Waals surface area contributed by atoms with Crippen LogP contribution in [0.3, 0.4) is 0 Å². The number of anilines is 1. The second-order valence-electron chi connectivity index (χ2n) is 7.93. The van der Waals surface area contributed by atoms with E-state index < -0.39 is 0 Å². The van der Waals surface area contributed by atoms with E-state index >= 15 is 0 Å². The van der Waals surface area contributed by atoms with Crippen LogP contribution in [0.5, 0.6) is 0 Å². The van der Waals surface area contributed by atoms with Crippen molar-refractivity contribution in [1.29, 1.82) is 0 Å². The Morgan fingerprint density at radius 3 is 1.84 bits per heavy atom. The lowest BCUT2D eigenvalue weighted by Gasteiger charge is -2.11. The number of rotatable bonds is 3. The molecule has 1 heterocycles. The van der Waals surface area contributed by atoms with Crippen LogP contribution >= 0.6 is 0 Å². The Bertz CT molecular complexity index is 1640. The molecule has 4 nitrogen and oxygen atoms in total. The maximum absolute atomic E-state index is 12.5. The van der Waals surface area contributed by atoms with E-state index in [1.54, 1.807) is 0 Å². The van der Waals surface area contributed by atoms with Crippen molar-refractivity contribution in [2.24, 2.45) is 0 Å². The summed E-state index contributed by atoms with van der Waals surface area (Å²) in [6, 6.07) is 32.1. The van der Waals surface area contributed by atoms with Gasteiger partial charge in [0.2, 0.25) is 5.91 Å². The van der Waals surface area contributed by atoms with E-state index in [4.69, 9.17) is 9.97 Å². The fraction of sp³-hybridized carbons (Fsp3) is 0.0357. The van der Waals surface area contributed by atoms with Crippen LogP contribution in [0.25, 0.3) is 43.6 Å². The lowest BCUT2D eigenvalue weighted by atomic mass is 9.99. The van der Waals surface area contributed by atoms with E-state index in [-0.39, 0.29) is 5.91 Å². The molecule has 0 atom stereocenters. The highest BCUT2D eigenvalue weighted by Gasteiger charge is 2.12. The normalized spacial score (nSPS) is 11.4. The standard InChI is InChI=1S/C28H19N3O/c32-26(16-18-8-2-1-3-9-18)29-19-14-15-24-25(17-19)31-28-23-13-7-5-11-21(23)20-10-4-6-12-22(20)27(28)30-24/h1-15,17H,16H2,(H,29,32). The molecule has 0 spiro atoms. The third-order valence-electron chi connectivity index (χ3n) is 5.81. The van der Waals surface area contributed by atoms with E-state index in [0.29, 0.717) is 6.42 Å². The number of carbonyl (C=O) groups excluding carboxylic acids is 1. The molecule has 6 aromatic rings. The summed E-state index contributed by atoms with van der Waals surface area (Å²) in [5.74, 6) is -0.0549. The molecule has 0 radical (unpaired) electrons. The van der Waals surface area contributed by atoms with Crippen LogP contribution in [0.1, 0.15) is 5.56 Å². The van der Waals surface area contributed by atoms with Crippen molar-refractivity contribution in [3.63, 3.8) is 0 Å². The molecule has 0 aliphatic carbocycles. The molecule has 5 aromatic carbocycles. The predicted molar refractivity (Wildman–Crippen MR) is 131 cm³/mol. The second kappa shape index (κ2) is 7.43. The van der Waals surface area contributed by atoms with Gasteiger partial charge in [-0.05, 0) is 34.5 Å². The van der Waals surface area contributed by atoms with Gasteiger partial charge in [0.25, 0.3) is 0 Å². The average molecular weight is 413 g/mol. The first-order chi connectivity index (χ1) is 15.8. The first-order valence-electron chi connectivity index (χ1n) is 10.6. The van der Waals surface area contributed by atoms with Gasteiger partial charge >= 0.3 is 0 Å². The molecule has 32 heavy (non-hydrogen) atoms. The van der Waals surface area contributed by atoms with Crippen molar-refractivity contribution < 1.29 is 4.79 Å². The van der Waals surface area contributed by atoms with Crippen molar-refractivity contribution >= 4 is 55.2 Å². The van der Waals surface area contributed by atoms with Gasteiger partial charge < -0.3 is 5.32 Å². The molecule has 0 fully saturated rings. The summed E-state index contributed by atoms with van der Waals surface area (Å²) in [6.45, 7) is 0. The number of hydrogen-bond donors (Lipinski definition) is 1. The summed E-state index contributed by atoms with van der Waals surface area (Å²) < 4.78 is 0. The monoisotopic (exact) mass is 413 g/mol. The molecule has 1 amide bonds. The minimum absolute atomic E-state index is 0.0549. The highest BCUT2D eigenvalue weighted by molar-refractivity contribution is 6.23. The number of nitrogens with one attached hydrogen (secondary N) is 1. The molecular formula is C28H19N3O. The van der Waals surface area contributed by atoms with Crippen molar-refractivity contribution in [2.45, 2.75) is 6.42 Å². The van der Waals surface area contributed by atoms with Gasteiger partial charge in [0.1, 0.15) is 0 Å². The van der Waals surface area contributed by atoms with Gasteiger partial charge in [0.05, 0.1) is 28.5 Å². The lowest BCUT2D eigenvalue weighted by molar-refractivity contribution is -0.115. The topological polar surface area (TPSA) is 54.9 Å². The molecule has 152 valence electrons. The van der Waals surface area contributed by atoms with Crippen LogP contribution in [0.2, 0.25) is 0 Å². The van der Waals surface area contributed by atoms with Crippen LogP contribution < -0.4 is 5.32 Å². The SMILES string of the molecule is O=C(Cc1ccccc1)Nc1ccc2nc3c4ccccc4c4ccccc4c3nc2c1. The van der Waals surface area contributed by atoms with Crippen molar-refractivity contribution in [3.05, 3.63) is 103 Å². The average Bonchev–Trinajstić information content (AvgIpc) is 2.84. The third kappa shape index (κ3) is 3.13. The number of benzene rings is 5. The summed E-state index contributed by atoms with van der Waals surface area (Å²) in [7, 11) is 0. The molecule has 0 unspecified atom stereocenters. The number of amides is 1. The van der Waals surface area contributed by atoms with Gasteiger partial charge in [0, 0.05) is 16.5 Å². The predicted octanol–water partition coefficient (Wildman–Crippen LogP) is 6.27. The van der Waals surface area contributed by atoms with Crippen LogP contribution in [-0.4, -0.2) is 15.9 Å². The Hall–Kier alpha value is -4.31. The Morgan fingerprint density at radius 2 is 1.19 bits per heavy atom.